The molecule has 0 saturated heterocycles. The molecule has 5 nitrogen and oxygen atoms in total. The summed E-state index contributed by atoms with van der Waals surface area (Å²) in [6, 6.07) is -0.127. The molecule has 0 aliphatic rings. The van der Waals surface area contributed by atoms with Gasteiger partial charge >= 0.3 is 5.97 Å². The molecule has 5 heteroatoms. The molecule has 1 amide bonds. The highest BCUT2D eigenvalue weighted by Gasteiger charge is 2.08. The van der Waals surface area contributed by atoms with Crippen LogP contribution in [0.3, 0.4) is 0 Å². The number of amides is 1. The van der Waals surface area contributed by atoms with Crippen molar-refractivity contribution in [2.45, 2.75) is 52.0 Å². The molecule has 2 N–H and O–H groups in total. The van der Waals surface area contributed by atoms with Crippen molar-refractivity contribution in [1.82, 2.24) is 5.32 Å². The standard InChI is InChI=1S/C12H23NO4/c1-3-4-5-8-17-9-11(14)13-10(2)6-7-12(15)16/h10H,3-9H2,1-2H3,(H,13,14)(H,15,16). The van der Waals surface area contributed by atoms with Crippen molar-refractivity contribution in [3.63, 3.8) is 0 Å². The maximum Gasteiger partial charge on any atom is 0.303 e. The molecule has 0 aliphatic carbocycles. The van der Waals surface area contributed by atoms with E-state index in [9.17, 15) is 9.59 Å². The number of carboxylic acid groups (broad SMARTS) is 1. The fourth-order valence-corrected chi connectivity index (χ4v) is 1.35. The summed E-state index contributed by atoms with van der Waals surface area (Å²) in [6.45, 7) is 4.56. The first-order valence-electron chi connectivity index (χ1n) is 6.15. The molecule has 0 aromatic heterocycles. The van der Waals surface area contributed by atoms with Crippen LogP contribution in [-0.2, 0) is 14.3 Å². The summed E-state index contributed by atoms with van der Waals surface area (Å²) < 4.78 is 5.20. The van der Waals surface area contributed by atoms with Gasteiger partial charge < -0.3 is 15.2 Å². The van der Waals surface area contributed by atoms with Gasteiger partial charge in [0.2, 0.25) is 5.91 Å². The minimum atomic E-state index is -0.845. The Balaban J connectivity index is 3.47. The Kier molecular flexibility index (Phi) is 9.43. The Morgan fingerprint density at radius 1 is 1.35 bits per heavy atom. The Labute approximate surface area is 103 Å². The molecule has 100 valence electrons. The van der Waals surface area contributed by atoms with Gasteiger partial charge in [-0.1, -0.05) is 19.8 Å². The average molecular weight is 245 g/mol. The smallest absolute Gasteiger partial charge is 0.303 e. The van der Waals surface area contributed by atoms with E-state index < -0.39 is 5.97 Å². The number of aliphatic carboxylic acids is 1. The first-order chi connectivity index (χ1) is 8.06. The molecule has 0 aliphatic heterocycles. The van der Waals surface area contributed by atoms with Gasteiger partial charge in [0.05, 0.1) is 0 Å². The van der Waals surface area contributed by atoms with Gasteiger partial charge in [-0.3, -0.25) is 9.59 Å². The van der Waals surface area contributed by atoms with E-state index in [1.165, 1.54) is 0 Å². The van der Waals surface area contributed by atoms with Gasteiger partial charge in [0.25, 0.3) is 0 Å². The van der Waals surface area contributed by atoms with Crippen molar-refractivity contribution in [2.24, 2.45) is 0 Å². The maximum atomic E-state index is 11.3. The predicted octanol–water partition coefficient (Wildman–Crippen LogP) is 1.56. The van der Waals surface area contributed by atoms with E-state index >= 15 is 0 Å². The van der Waals surface area contributed by atoms with Crippen molar-refractivity contribution >= 4 is 11.9 Å². The van der Waals surface area contributed by atoms with E-state index in [1.54, 1.807) is 6.92 Å². The molecule has 1 unspecified atom stereocenters. The number of rotatable bonds is 10. The second-order valence-electron chi connectivity index (χ2n) is 4.16. The second kappa shape index (κ2) is 10.1. The topological polar surface area (TPSA) is 75.6 Å². The molecule has 0 rings (SSSR count). The summed E-state index contributed by atoms with van der Waals surface area (Å²) in [5.74, 6) is -1.03. The molecule has 0 aromatic rings. The Morgan fingerprint density at radius 3 is 2.65 bits per heavy atom. The van der Waals surface area contributed by atoms with E-state index in [4.69, 9.17) is 9.84 Å². The van der Waals surface area contributed by atoms with Gasteiger partial charge in [-0.25, -0.2) is 0 Å². The molecular weight excluding hydrogens is 222 g/mol. The summed E-state index contributed by atoms with van der Waals surface area (Å²) in [5, 5.41) is 11.2. The third-order valence-corrected chi connectivity index (χ3v) is 2.32. The highest BCUT2D eigenvalue weighted by molar-refractivity contribution is 5.77. The zero-order valence-corrected chi connectivity index (χ0v) is 10.7. The van der Waals surface area contributed by atoms with E-state index in [-0.39, 0.29) is 25.0 Å². The third-order valence-electron chi connectivity index (χ3n) is 2.32. The summed E-state index contributed by atoms with van der Waals surface area (Å²) in [7, 11) is 0. The number of carbonyl (C=O) groups excluding carboxylic acids is 1. The van der Waals surface area contributed by atoms with Crippen LogP contribution in [-0.4, -0.2) is 36.2 Å². The minimum Gasteiger partial charge on any atom is -0.481 e. The van der Waals surface area contributed by atoms with Crippen molar-refractivity contribution in [2.75, 3.05) is 13.2 Å². The predicted molar refractivity (Wildman–Crippen MR) is 64.8 cm³/mol. The maximum absolute atomic E-state index is 11.3. The number of nitrogens with one attached hydrogen (secondary N) is 1. The zero-order chi connectivity index (χ0) is 13.1. The molecule has 0 saturated carbocycles. The monoisotopic (exact) mass is 245 g/mol. The van der Waals surface area contributed by atoms with Crippen LogP contribution >= 0.6 is 0 Å². The minimum absolute atomic E-state index is 0.0567. The van der Waals surface area contributed by atoms with Crippen LogP contribution in [0.1, 0.15) is 46.0 Å². The molecular formula is C12H23NO4. The average Bonchev–Trinajstić information content (AvgIpc) is 2.26. The zero-order valence-electron chi connectivity index (χ0n) is 10.7. The van der Waals surface area contributed by atoms with Gasteiger partial charge in [-0.2, -0.15) is 0 Å². The Hall–Kier alpha value is -1.10. The lowest BCUT2D eigenvalue weighted by Gasteiger charge is -2.12. The number of ether oxygens (including phenoxy) is 1. The fraction of sp³-hybridized carbons (Fsp3) is 0.833. The summed E-state index contributed by atoms with van der Waals surface area (Å²) >= 11 is 0. The molecule has 0 radical (unpaired) electrons. The van der Waals surface area contributed by atoms with Crippen LogP contribution in [0.25, 0.3) is 0 Å². The van der Waals surface area contributed by atoms with Crippen molar-refractivity contribution in [1.29, 1.82) is 0 Å². The first kappa shape index (κ1) is 15.9. The lowest BCUT2D eigenvalue weighted by Crippen LogP contribution is -2.35. The van der Waals surface area contributed by atoms with Crippen LogP contribution in [0.15, 0.2) is 0 Å². The summed E-state index contributed by atoms with van der Waals surface area (Å²) in [6.07, 6.45) is 3.71. The highest BCUT2D eigenvalue weighted by Crippen LogP contribution is 1.97. The number of carboxylic acids is 1. The van der Waals surface area contributed by atoms with Crippen LogP contribution in [0.5, 0.6) is 0 Å². The van der Waals surface area contributed by atoms with Gasteiger partial charge in [0, 0.05) is 19.1 Å². The molecule has 0 bridgehead atoms. The molecule has 1 atom stereocenters. The van der Waals surface area contributed by atoms with E-state index in [0.29, 0.717) is 13.0 Å². The van der Waals surface area contributed by atoms with Gasteiger partial charge in [-0.05, 0) is 19.8 Å². The molecule has 0 spiro atoms. The Bertz CT molecular complexity index is 231. The summed E-state index contributed by atoms with van der Waals surface area (Å²) in [5.41, 5.74) is 0. The lowest BCUT2D eigenvalue weighted by molar-refractivity contribution is -0.137. The third kappa shape index (κ3) is 11.2. The van der Waals surface area contributed by atoms with E-state index in [2.05, 4.69) is 12.2 Å². The molecule has 0 aromatic carbocycles. The fourth-order valence-electron chi connectivity index (χ4n) is 1.35. The van der Waals surface area contributed by atoms with Crippen molar-refractivity contribution in [3.8, 4) is 0 Å². The normalized spacial score (nSPS) is 12.1. The number of carbonyl (C=O) groups is 2. The van der Waals surface area contributed by atoms with Gasteiger partial charge in [-0.15, -0.1) is 0 Å². The van der Waals surface area contributed by atoms with Gasteiger partial charge in [0.15, 0.2) is 0 Å². The SMILES string of the molecule is CCCCCOCC(=O)NC(C)CCC(=O)O. The largest absolute Gasteiger partial charge is 0.481 e. The highest BCUT2D eigenvalue weighted by atomic mass is 16.5. The summed E-state index contributed by atoms with van der Waals surface area (Å²) in [4.78, 5) is 21.7. The van der Waals surface area contributed by atoms with Crippen molar-refractivity contribution < 1.29 is 19.4 Å². The molecule has 0 fully saturated rings. The first-order valence-corrected chi connectivity index (χ1v) is 6.15. The van der Waals surface area contributed by atoms with Gasteiger partial charge in [0.1, 0.15) is 6.61 Å². The van der Waals surface area contributed by atoms with Crippen LogP contribution < -0.4 is 5.32 Å². The quantitative estimate of drug-likeness (QED) is 0.573. The van der Waals surface area contributed by atoms with Crippen LogP contribution in [0, 0.1) is 0 Å². The molecule has 0 heterocycles. The molecule has 17 heavy (non-hydrogen) atoms. The van der Waals surface area contributed by atoms with E-state index in [1.807, 2.05) is 0 Å². The number of hydrogen-bond donors (Lipinski definition) is 2. The Morgan fingerprint density at radius 2 is 2.06 bits per heavy atom. The van der Waals surface area contributed by atoms with Crippen LogP contribution in [0.2, 0.25) is 0 Å². The number of hydrogen-bond acceptors (Lipinski definition) is 3. The van der Waals surface area contributed by atoms with Crippen LogP contribution in [0.4, 0.5) is 0 Å². The second-order valence-corrected chi connectivity index (χ2v) is 4.16. The lowest BCUT2D eigenvalue weighted by atomic mass is 10.2. The van der Waals surface area contributed by atoms with E-state index in [0.717, 1.165) is 19.3 Å². The van der Waals surface area contributed by atoms with Crippen molar-refractivity contribution in [3.05, 3.63) is 0 Å². The number of unbranched alkanes of at least 4 members (excludes halogenated alkanes) is 2.